The molecule has 26 heavy (non-hydrogen) atoms. The number of benzene rings is 1. The summed E-state index contributed by atoms with van der Waals surface area (Å²) in [5, 5.41) is -0.112. The van der Waals surface area contributed by atoms with Crippen molar-refractivity contribution < 1.29 is 13.2 Å². The van der Waals surface area contributed by atoms with Gasteiger partial charge in [-0.1, -0.05) is 24.3 Å². The van der Waals surface area contributed by atoms with Crippen LogP contribution in [0.4, 0.5) is 5.69 Å². The van der Waals surface area contributed by atoms with Crippen LogP contribution < -0.4 is 4.90 Å². The fraction of sp³-hybridized carbons (Fsp3) is 0.263. The average Bonchev–Trinajstić information content (AvgIpc) is 2.89. The van der Waals surface area contributed by atoms with Crippen LogP contribution in [0.3, 0.4) is 0 Å². The van der Waals surface area contributed by atoms with Crippen LogP contribution in [0.2, 0.25) is 0 Å². The van der Waals surface area contributed by atoms with E-state index in [0.29, 0.717) is 12.1 Å². The Kier molecular flexibility index (Phi) is 4.03. The van der Waals surface area contributed by atoms with Crippen molar-refractivity contribution in [3.63, 3.8) is 0 Å². The van der Waals surface area contributed by atoms with Gasteiger partial charge in [-0.3, -0.25) is 9.20 Å². The number of imidazole rings is 1. The smallest absolute Gasteiger partial charge is 0.279 e. The summed E-state index contributed by atoms with van der Waals surface area (Å²) in [4.78, 5) is 19.3. The van der Waals surface area contributed by atoms with Crippen molar-refractivity contribution >= 4 is 26.9 Å². The van der Waals surface area contributed by atoms with E-state index in [2.05, 4.69) is 4.98 Å². The molecular weight excluding hydrogens is 350 g/mol. The topological polar surface area (TPSA) is 71.7 Å². The largest absolute Gasteiger partial charge is 0.307 e. The highest BCUT2D eigenvalue weighted by molar-refractivity contribution is 7.90. The zero-order valence-electron chi connectivity index (χ0n) is 14.4. The number of anilines is 1. The molecule has 0 fully saturated rings. The first-order chi connectivity index (χ1) is 12.5. The maximum absolute atomic E-state index is 13.3. The number of rotatable bonds is 2. The van der Waals surface area contributed by atoms with Crippen LogP contribution in [-0.4, -0.2) is 36.5 Å². The minimum absolute atomic E-state index is 0.112. The zero-order valence-corrected chi connectivity index (χ0v) is 15.2. The van der Waals surface area contributed by atoms with Crippen molar-refractivity contribution in [1.29, 1.82) is 0 Å². The molecule has 0 saturated heterocycles. The Hall–Kier alpha value is -2.67. The lowest BCUT2D eigenvalue weighted by atomic mass is 10.1. The van der Waals surface area contributed by atoms with Gasteiger partial charge in [-0.05, 0) is 43.0 Å². The van der Waals surface area contributed by atoms with Crippen LogP contribution in [0.1, 0.15) is 28.9 Å². The molecule has 1 amide bonds. The summed E-state index contributed by atoms with van der Waals surface area (Å²) in [6.07, 6.45) is 5.55. The number of hydrogen-bond donors (Lipinski definition) is 0. The van der Waals surface area contributed by atoms with Gasteiger partial charge in [0.05, 0.1) is 5.52 Å². The lowest BCUT2D eigenvalue weighted by Gasteiger charge is -2.22. The fourth-order valence-corrected chi connectivity index (χ4v) is 4.23. The van der Waals surface area contributed by atoms with Crippen molar-refractivity contribution in [3.8, 4) is 0 Å². The number of nitrogens with zero attached hydrogens (tertiary/aromatic N) is 3. The summed E-state index contributed by atoms with van der Waals surface area (Å²) in [6.45, 7) is 0.593. The molecule has 1 aliphatic rings. The van der Waals surface area contributed by atoms with Crippen molar-refractivity contribution in [3.05, 3.63) is 59.9 Å². The number of aromatic nitrogens is 2. The third kappa shape index (κ3) is 2.78. The van der Waals surface area contributed by atoms with E-state index >= 15 is 0 Å². The Balaban J connectivity index is 1.88. The fourth-order valence-electron chi connectivity index (χ4n) is 3.46. The number of sulfone groups is 1. The quantitative estimate of drug-likeness (QED) is 0.696. The molecule has 0 spiro atoms. The SMILES string of the molecule is CS(=O)(=O)c1nc(C(=O)N2CCCCc3ccccc32)c2ccccn12. The van der Waals surface area contributed by atoms with E-state index in [-0.39, 0.29) is 16.8 Å². The second kappa shape index (κ2) is 6.25. The Morgan fingerprint density at radius 3 is 2.65 bits per heavy atom. The predicted octanol–water partition coefficient (Wildman–Crippen LogP) is 2.72. The number of para-hydroxylation sites is 1. The third-order valence-electron chi connectivity index (χ3n) is 4.66. The van der Waals surface area contributed by atoms with Gasteiger partial charge in [0, 0.05) is 24.7 Å². The Labute approximate surface area is 152 Å². The van der Waals surface area contributed by atoms with E-state index in [9.17, 15) is 13.2 Å². The van der Waals surface area contributed by atoms with Crippen molar-refractivity contribution in [2.45, 2.75) is 24.4 Å². The minimum atomic E-state index is -3.56. The Morgan fingerprint density at radius 2 is 1.85 bits per heavy atom. The minimum Gasteiger partial charge on any atom is -0.307 e. The standard InChI is InChI=1S/C19H19N3O3S/c1-26(24,25)19-20-17(16-11-5-7-13-22(16)19)18(23)21-12-6-4-9-14-8-2-3-10-15(14)21/h2-3,5,7-8,10-11,13H,4,6,9,12H2,1H3. The number of amides is 1. The van der Waals surface area contributed by atoms with Gasteiger partial charge in [0.1, 0.15) is 0 Å². The monoisotopic (exact) mass is 369 g/mol. The summed E-state index contributed by atoms with van der Waals surface area (Å²) < 4.78 is 25.7. The summed E-state index contributed by atoms with van der Waals surface area (Å²) >= 11 is 0. The molecule has 0 atom stereocenters. The molecular formula is C19H19N3O3S. The highest BCUT2D eigenvalue weighted by Gasteiger charge is 2.28. The van der Waals surface area contributed by atoms with Crippen molar-refractivity contribution in [2.24, 2.45) is 0 Å². The molecule has 3 aromatic rings. The van der Waals surface area contributed by atoms with Crippen LogP contribution in [0, 0.1) is 0 Å². The molecule has 2 aromatic heterocycles. The maximum atomic E-state index is 13.3. The van der Waals surface area contributed by atoms with Gasteiger partial charge in [0.25, 0.3) is 5.91 Å². The average molecular weight is 369 g/mol. The van der Waals surface area contributed by atoms with Gasteiger partial charge in [0.2, 0.25) is 15.0 Å². The summed E-state index contributed by atoms with van der Waals surface area (Å²) in [6, 6.07) is 13.1. The molecule has 1 aromatic carbocycles. The highest BCUT2D eigenvalue weighted by atomic mass is 32.2. The van der Waals surface area contributed by atoms with Gasteiger partial charge in [-0.25, -0.2) is 13.4 Å². The van der Waals surface area contributed by atoms with Gasteiger partial charge in [-0.15, -0.1) is 0 Å². The van der Waals surface area contributed by atoms with E-state index < -0.39 is 9.84 Å². The maximum Gasteiger partial charge on any atom is 0.279 e. The van der Waals surface area contributed by atoms with E-state index in [4.69, 9.17) is 0 Å². The summed E-state index contributed by atoms with van der Waals surface area (Å²) in [7, 11) is -3.56. The molecule has 0 saturated carbocycles. The lowest BCUT2D eigenvalue weighted by molar-refractivity contribution is 0.0984. The van der Waals surface area contributed by atoms with E-state index in [1.807, 2.05) is 24.3 Å². The van der Waals surface area contributed by atoms with E-state index in [1.165, 1.54) is 4.40 Å². The molecule has 3 heterocycles. The van der Waals surface area contributed by atoms with E-state index in [1.54, 1.807) is 29.3 Å². The molecule has 0 N–H and O–H groups in total. The molecule has 6 nitrogen and oxygen atoms in total. The molecule has 7 heteroatoms. The van der Waals surface area contributed by atoms with Gasteiger partial charge in [0.15, 0.2) is 5.69 Å². The lowest BCUT2D eigenvalue weighted by Crippen LogP contribution is -2.32. The Morgan fingerprint density at radius 1 is 1.08 bits per heavy atom. The molecule has 0 aliphatic carbocycles. The molecule has 4 rings (SSSR count). The molecule has 0 unspecified atom stereocenters. The third-order valence-corrected chi connectivity index (χ3v) is 5.61. The molecule has 0 radical (unpaired) electrons. The number of carbonyl (C=O) groups is 1. The number of pyridine rings is 1. The van der Waals surface area contributed by atoms with Crippen LogP contribution >= 0.6 is 0 Å². The zero-order chi connectivity index (χ0) is 18.3. The molecule has 0 bridgehead atoms. The van der Waals surface area contributed by atoms with Crippen LogP contribution in [0.5, 0.6) is 0 Å². The number of carbonyl (C=O) groups excluding carboxylic acids is 1. The van der Waals surface area contributed by atoms with Gasteiger partial charge < -0.3 is 4.90 Å². The summed E-state index contributed by atoms with van der Waals surface area (Å²) in [5.41, 5.74) is 2.68. The van der Waals surface area contributed by atoms with E-state index in [0.717, 1.165) is 36.8 Å². The van der Waals surface area contributed by atoms with Gasteiger partial charge >= 0.3 is 0 Å². The van der Waals surface area contributed by atoms with Gasteiger partial charge in [-0.2, -0.15) is 0 Å². The first-order valence-corrected chi connectivity index (χ1v) is 10.4. The van der Waals surface area contributed by atoms with Crippen LogP contribution in [-0.2, 0) is 16.3 Å². The van der Waals surface area contributed by atoms with Crippen LogP contribution in [0.15, 0.2) is 53.8 Å². The first kappa shape index (κ1) is 16.8. The molecule has 134 valence electrons. The second-order valence-corrected chi connectivity index (χ2v) is 8.42. The molecule has 1 aliphatic heterocycles. The Bertz CT molecular complexity index is 1100. The number of hydrogen-bond acceptors (Lipinski definition) is 4. The van der Waals surface area contributed by atoms with Crippen molar-refractivity contribution in [1.82, 2.24) is 9.38 Å². The highest BCUT2D eigenvalue weighted by Crippen LogP contribution is 2.28. The van der Waals surface area contributed by atoms with Crippen LogP contribution in [0.25, 0.3) is 5.52 Å². The summed E-state index contributed by atoms with van der Waals surface area (Å²) in [5.74, 6) is -0.266. The number of aryl methyl sites for hydroxylation is 1. The predicted molar refractivity (Wildman–Crippen MR) is 99.4 cm³/mol. The first-order valence-electron chi connectivity index (χ1n) is 8.54. The number of fused-ring (bicyclic) bond motifs is 2. The van der Waals surface area contributed by atoms with Crippen molar-refractivity contribution in [2.75, 3.05) is 17.7 Å². The normalized spacial score (nSPS) is 14.9. The second-order valence-electron chi connectivity index (χ2n) is 6.51.